The Morgan fingerprint density at radius 3 is 2.30 bits per heavy atom. The van der Waals surface area contributed by atoms with E-state index in [0.717, 1.165) is 64.2 Å². The summed E-state index contributed by atoms with van der Waals surface area (Å²) >= 11 is 0. The lowest BCUT2D eigenvalue weighted by atomic mass is 10.1. The molecule has 0 radical (unpaired) electrons. The minimum Gasteiger partial charge on any atom is -0.339 e. The van der Waals surface area contributed by atoms with E-state index in [4.69, 9.17) is 0 Å². The van der Waals surface area contributed by atoms with Crippen molar-refractivity contribution in [2.24, 2.45) is 0 Å². The number of carbonyl (C=O) groups is 1. The van der Waals surface area contributed by atoms with Gasteiger partial charge in [0.25, 0.3) is 5.91 Å². The maximum atomic E-state index is 12.3. The monoisotopic (exact) mass is 273 g/mol. The van der Waals surface area contributed by atoms with Crippen LogP contribution in [0.4, 0.5) is 0 Å². The third kappa shape index (κ3) is 3.19. The first-order chi connectivity index (χ1) is 9.83. The molecule has 0 aliphatic carbocycles. The van der Waals surface area contributed by atoms with Gasteiger partial charge in [-0.05, 0) is 30.5 Å². The largest absolute Gasteiger partial charge is 0.339 e. The Kier molecular flexibility index (Phi) is 4.33. The second kappa shape index (κ2) is 6.37. The van der Waals surface area contributed by atoms with Crippen molar-refractivity contribution < 1.29 is 4.79 Å². The van der Waals surface area contributed by atoms with E-state index in [1.165, 1.54) is 5.56 Å². The zero-order valence-corrected chi connectivity index (χ0v) is 12.0. The average Bonchev–Trinajstić information content (AvgIpc) is 3.03. The van der Waals surface area contributed by atoms with Crippen LogP contribution in [-0.4, -0.2) is 55.0 Å². The van der Waals surface area contributed by atoms with Gasteiger partial charge in [-0.15, -0.1) is 0 Å². The first-order valence-electron chi connectivity index (χ1n) is 7.64. The van der Waals surface area contributed by atoms with Crippen molar-refractivity contribution in [2.45, 2.75) is 19.4 Å². The molecule has 3 rings (SSSR count). The summed E-state index contributed by atoms with van der Waals surface area (Å²) in [7, 11) is 0. The van der Waals surface area contributed by atoms with Gasteiger partial charge >= 0.3 is 0 Å². The Labute approximate surface area is 120 Å². The highest BCUT2D eigenvalue weighted by Crippen LogP contribution is 2.14. The molecule has 0 bridgehead atoms. The number of benzene rings is 1. The molecule has 2 saturated heterocycles. The van der Waals surface area contributed by atoms with Gasteiger partial charge in [-0.2, -0.15) is 0 Å². The second-order valence-electron chi connectivity index (χ2n) is 5.72. The quantitative estimate of drug-likeness (QED) is 0.902. The molecular weight excluding hydrogens is 250 g/mol. The Bertz CT molecular complexity index is 445. The molecule has 1 amide bonds. The SMILES string of the molecule is O=C(c1ccc(CN2CCNCC2)cc1)N1CCCC1. The summed E-state index contributed by atoms with van der Waals surface area (Å²) < 4.78 is 0. The third-order valence-electron chi connectivity index (χ3n) is 4.21. The molecule has 2 aliphatic rings. The molecule has 1 aromatic rings. The molecular formula is C16H23N3O. The van der Waals surface area contributed by atoms with Crippen molar-refractivity contribution in [3.63, 3.8) is 0 Å². The zero-order valence-electron chi connectivity index (χ0n) is 12.0. The molecule has 1 aromatic carbocycles. The van der Waals surface area contributed by atoms with Crippen LogP contribution in [-0.2, 0) is 6.54 Å². The summed E-state index contributed by atoms with van der Waals surface area (Å²) in [5, 5.41) is 3.36. The fourth-order valence-electron chi connectivity index (χ4n) is 2.98. The molecule has 0 unspecified atom stereocenters. The number of nitrogens with zero attached hydrogens (tertiary/aromatic N) is 2. The second-order valence-corrected chi connectivity index (χ2v) is 5.72. The summed E-state index contributed by atoms with van der Waals surface area (Å²) in [6, 6.07) is 8.17. The van der Waals surface area contributed by atoms with E-state index in [1.54, 1.807) is 0 Å². The number of hydrogen-bond donors (Lipinski definition) is 1. The van der Waals surface area contributed by atoms with Crippen molar-refractivity contribution in [3.8, 4) is 0 Å². The Morgan fingerprint density at radius 2 is 1.65 bits per heavy atom. The molecule has 2 heterocycles. The highest BCUT2D eigenvalue weighted by atomic mass is 16.2. The van der Waals surface area contributed by atoms with E-state index < -0.39 is 0 Å². The van der Waals surface area contributed by atoms with E-state index in [0.29, 0.717) is 0 Å². The van der Waals surface area contributed by atoms with Crippen LogP contribution in [0, 0.1) is 0 Å². The number of likely N-dealkylation sites (tertiary alicyclic amines) is 1. The number of amides is 1. The summed E-state index contributed by atoms with van der Waals surface area (Å²) in [4.78, 5) is 16.7. The van der Waals surface area contributed by atoms with E-state index >= 15 is 0 Å². The maximum Gasteiger partial charge on any atom is 0.253 e. The Morgan fingerprint density at radius 1 is 1.00 bits per heavy atom. The van der Waals surface area contributed by atoms with E-state index in [9.17, 15) is 4.79 Å². The lowest BCUT2D eigenvalue weighted by molar-refractivity contribution is 0.0793. The minimum absolute atomic E-state index is 0.191. The minimum atomic E-state index is 0.191. The number of hydrogen-bond acceptors (Lipinski definition) is 3. The molecule has 0 aromatic heterocycles. The van der Waals surface area contributed by atoms with Gasteiger partial charge in [0.1, 0.15) is 0 Å². The molecule has 2 aliphatic heterocycles. The topological polar surface area (TPSA) is 35.6 Å². The number of nitrogens with one attached hydrogen (secondary N) is 1. The molecule has 108 valence electrons. The smallest absolute Gasteiger partial charge is 0.253 e. The van der Waals surface area contributed by atoms with Crippen molar-refractivity contribution in [3.05, 3.63) is 35.4 Å². The predicted octanol–water partition coefficient (Wildman–Crippen LogP) is 1.33. The van der Waals surface area contributed by atoms with E-state index in [-0.39, 0.29) is 5.91 Å². The summed E-state index contributed by atoms with van der Waals surface area (Å²) in [5.41, 5.74) is 2.13. The van der Waals surface area contributed by atoms with E-state index in [2.05, 4.69) is 22.3 Å². The molecule has 2 fully saturated rings. The van der Waals surface area contributed by atoms with Crippen molar-refractivity contribution in [1.29, 1.82) is 0 Å². The van der Waals surface area contributed by atoms with Crippen LogP contribution in [0.15, 0.2) is 24.3 Å². The normalized spacial score (nSPS) is 20.3. The number of carbonyl (C=O) groups excluding carboxylic acids is 1. The maximum absolute atomic E-state index is 12.3. The first-order valence-corrected chi connectivity index (χ1v) is 7.64. The van der Waals surface area contributed by atoms with Crippen LogP contribution in [0.25, 0.3) is 0 Å². The van der Waals surface area contributed by atoms with Crippen LogP contribution < -0.4 is 5.32 Å². The van der Waals surface area contributed by atoms with Gasteiger partial charge < -0.3 is 10.2 Å². The molecule has 0 saturated carbocycles. The van der Waals surface area contributed by atoms with Gasteiger partial charge in [-0.1, -0.05) is 12.1 Å². The van der Waals surface area contributed by atoms with Crippen molar-refractivity contribution >= 4 is 5.91 Å². The van der Waals surface area contributed by atoms with Crippen molar-refractivity contribution in [1.82, 2.24) is 15.1 Å². The molecule has 0 atom stereocenters. The van der Waals surface area contributed by atoms with Crippen LogP contribution in [0.2, 0.25) is 0 Å². The van der Waals surface area contributed by atoms with Gasteiger partial charge in [-0.25, -0.2) is 0 Å². The Balaban J connectivity index is 1.60. The summed E-state index contributed by atoms with van der Waals surface area (Å²) in [6.07, 6.45) is 2.29. The molecule has 20 heavy (non-hydrogen) atoms. The molecule has 1 N–H and O–H groups in total. The van der Waals surface area contributed by atoms with Gasteiger partial charge in [0.2, 0.25) is 0 Å². The molecule has 4 nitrogen and oxygen atoms in total. The van der Waals surface area contributed by atoms with E-state index in [1.807, 2.05) is 17.0 Å². The predicted molar refractivity (Wildman–Crippen MR) is 79.7 cm³/mol. The lowest BCUT2D eigenvalue weighted by Gasteiger charge is -2.27. The lowest BCUT2D eigenvalue weighted by Crippen LogP contribution is -2.42. The number of piperazine rings is 1. The van der Waals surface area contributed by atoms with Gasteiger partial charge in [0.05, 0.1) is 0 Å². The third-order valence-corrected chi connectivity index (χ3v) is 4.21. The first kappa shape index (κ1) is 13.6. The van der Waals surface area contributed by atoms with Gasteiger partial charge in [0, 0.05) is 51.4 Å². The summed E-state index contributed by atoms with van der Waals surface area (Å²) in [6.45, 7) is 7.18. The fraction of sp³-hybridized carbons (Fsp3) is 0.562. The molecule has 4 heteroatoms. The highest BCUT2D eigenvalue weighted by molar-refractivity contribution is 5.94. The van der Waals surface area contributed by atoms with Crippen LogP contribution >= 0.6 is 0 Å². The highest BCUT2D eigenvalue weighted by Gasteiger charge is 2.19. The van der Waals surface area contributed by atoms with Crippen LogP contribution in [0.1, 0.15) is 28.8 Å². The standard InChI is InChI=1S/C16H23N3O/c20-16(19-9-1-2-10-19)15-5-3-14(4-6-15)13-18-11-7-17-8-12-18/h3-6,17H,1-2,7-13H2. The zero-order chi connectivity index (χ0) is 13.8. The molecule has 0 spiro atoms. The number of rotatable bonds is 3. The average molecular weight is 273 g/mol. The van der Waals surface area contributed by atoms with Crippen molar-refractivity contribution in [2.75, 3.05) is 39.3 Å². The van der Waals surface area contributed by atoms with Crippen LogP contribution in [0.3, 0.4) is 0 Å². The summed E-state index contributed by atoms with van der Waals surface area (Å²) in [5.74, 6) is 0.191. The fourth-order valence-corrected chi connectivity index (χ4v) is 2.98. The Hall–Kier alpha value is -1.39. The van der Waals surface area contributed by atoms with Crippen LogP contribution in [0.5, 0.6) is 0 Å². The van der Waals surface area contributed by atoms with Gasteiger partial charge in [0.15, 0.2) is 0 Å². The van der Waals surface area contributed by atoms with Gasteiger partial charge in [-0.3, -0.25) is 9.69 Å².